The summed E-state index contributed by atoms with van der Waals surface area (Å²) in [7, 11) is 0. The highest BCUT2D eigenvalue weighted by atomic mass is 79.9. The number of rotatable bonds is 5. The summed E-state index contributed by atoms with van der Waals surface area (Å²) in [6.45, 7) is 1.74. The summed E-state index contributed by atoms with van der Waals surface area (Å²) in [5.74, 6) is -1.28. The first-order valence-electron chi connectivity index (χ1n) is 5.35. The first-order valence-corrected chi connectivity index (χ1v) is 6.94. The summed E-state index contributed by atoms with van der Waals surface area (Å²) in [4.78, 5) is 22.3. The summed E-state index contributed by atoms with van der Waals surface area (Å²) < 4.78 is 1.55. The zero-order chi connectivity index (χ0) is 13.7. The van der Waals surface area contributed by atoms with Gasteiger partial charge in [0.1, 0.15) is 0 Å². The van der Waals surface area contributed by atoms with Crippen molar-refractivity contribution in [3.05, 3.63) is 27.1 Å². The van der Waals surface area contributed by atoms with Gasteiger partial charge in [-0.25, -0.2) is 0 Å². The van der Waals surface area contributed by atoms with Gasteiger partial charge in [0.2, 0.25) is 5.91 Å². The molecule has 4 nitrogen and oxygen atoms in total. The fourth-order valence-corrected chi connectivity index (χ4v) is 2.69. The van der Waals surface area contributed by atoms with Crippen molar-refractivity contribution >= 4 is 49.4 Å². The van der Waals surface area contributed by atoms with Crippen LogP contribution in [0.3, 0.4) is 0 Å². The first kappa shape index (κ1) is 15.2. The minimum atomic E-state index is -0.891. The molecule has 1 rings (SSSR count). The molecule has 1 atom stereocenters. The van der Waals surface area contributed by atoms with Crippen LogP contribution < -0.4 is 5.32 Å². The summed E-state index contributed by atoms with van der Waals surface area (Å²) in [5.41, 5.74) is 0.657. The van der Waals surface area contributed by atoms with Crippen LogP contribution in [-0.2, 0) is 9.59 Å². The lowest BCUT2D eigenvalue weighted by Gasteiger charge is -2.12. The lowest BCUT2D eigenvalue weighted by Crippen LogP contribution is -2.17. The molecule has 0 aliphatic heterocycles. The highest BCUT2D eigenvalue weighted by Gasteiger charge is 2.14. The van der Waals surface area contributed by atoms with Gasteiger partial charge in [-0.15, -0.1) is 0 Å². The van der Waals surface area contributed by atoms with Gasteiger partial charge in [-0.05, 0) is 49.9 Å². The van der Waals surface area contributed by atoms with E-state index in [1.165, 1.54) is 0 Å². The largest absolute Gasteiger partial charge is 0.481 e. The lowest BCUT2D eigenvalue weighted by atomic mass is 10.0. The number of carbonyl (C=O) groups is 2. The molecule has 0 fully saturated rings. The highest BCUT2D eigenvalue weighted by molar-refractivity contribution is 9.11. The van der Waals surface area contributed by atoms with E-state index in [1.54, 1.807) is 6.92 Å². The molecule has 0 saturated carbocycles. The minimum absolute atomic E-state index is 0.00938. The highest BCUT2D eigenvalue weighted by Crippen LogP contribution is 2.30. The molecule has 0 aromatic heterocycles. The Morgan fingerprint density at radius 1 is 1.28 bits per heavy atom. The number of benzene rings is 1. The molecule has 0 bridgehead atoms. The second kappa shape index (κ2) is 6.89. The van der Waals surface area contributed by atoms with E-state index in [2.05, 4.69) is 37.2 Å². The number of para-hydroxylation sites is 1. The van der Waals surface area contributed by atoms with Gasteiger partial charge < -0.3 is 10.4 Å². The van der Waals surface area contributed by atoms with Crippen LogP contribution in [0.1, 0.15) is 19.8 Å². The van der Waals surface area contributed by atoms with E-state index in [-0.39, 0.29) is 24.7 Å². The topological polar surface area (TPSA) is 66.4 Å². The van der Waals surface area contributed by atoms with Crippen LogP contribution in [0.5, 0.6) is 0 Å². The smallest absolute Gasteiger partial charge is 0.303 e. The van der Waals surface area contributed by atoms with Crippen molar-refractivity contribution in [1.29, 1.82) is 0 Å². The molecule has 1 amide bonds. The first-order chi connectivity index (χ1) is 8.40. The number of carboxylic acid groups (broad SMARTS) is 1. The van der Waals surface area contributed by atoms with Gasteiger partial charge in [0.15, 0.2) is 0 Å². The van der Waals surface area contributed by atoms with Crippen molar-refractivity contribution in [2.45, 2.75) is 19.8 Å². The van der Waals surface area contributed by atoms with Gasteiger partial charge in [0, 0.05) is 21.8 Å². The monoisotopic (exact) mass is 377 g/mol. The fraction of sp³-hybridized carbons (Fsp3) is 0.333. The lowest BCUT2D eigenvalue weighted by molar-refractivity contribution is -0.138. The second-order valence-corrected chi connectivity index (χ2v) is 5.76. The number of hydrogen-bond acceptors (Lipinski definition) is 2. The number of carboxylic acids is 1. The average molecular weight is 379 g/mol. The van der Waals surface area contributed by atoms with Crippen LogP contribution in [0.2, 0.25) is 0 Å². The Labute approximate surface area is 122 Å². The number of anilines is 1. The molecule has 1 unspecified atom stereocenters. The van der Waals surface area contributed by atoms with E-state index >= 15 is 0 Å². The third-order valence-corrected chi connectivity index (χ3v) is 3.61. The number of amides is 1. The molecule has 2 N–H and O–H groups in total. The number of halogens is 2. The zero-order valence-corrected chi connectivity index (χ0v) is 12.9. The number of carbonyl (C=O) groups excluding carboxylic acids is 1. The Balaban J connectivity index is 2.62. The van der Waals surface area contributed by atoms with Crippen molar-refractivity contribution in [2.24, 2.45) is 5.92 Å². The van der Waals surface area contributed by atoms with Crippen LogP contribution >= 0.6 is 31.9 Å². The maximum Gasteiger partial charge on any atom is 0.303 e. The fourth-order valence-electron chi connectivity index (χ4n) is 1.49. The molecule has 0 heterocycles. The van der Waals surface area contributed by atoms with Gasteiger partial charge in [-0.1, -0.05) is 13.0 Å². The minimum Gasteiger partial charge on any atom is -0.481 e. The van der Waals surface area contributed by atoms with Crippen molar-refractivity contribution in [1.82, 2.24) is 0 Å². The van der Waals surface area contributed by atoms with Crippen molar-refractivity contribution in [3.63, 3.8) is 0 Å². The Bertz CT molecular complexity index is 442. The van der Waals surface area contributed by atoms with Gasteiger partial charge in [-0.2, -0.15) is 0 Å². The summed E-state index contributed by atoms with van der Waals surface area (Å²) >= 11 is 6.69. The van der Waals surface area contributed by atoms with Crippen LogP contribution in [-0.4, -0.2) is 17.0 Å². The van der Waals surface area contributed by atoms with Crippen molar-refractivity contribution in [2.75, 3.05) is 5.32 Å². The molecule has 6 heteroatoms. The summed E-state index contributed by atoms with van der Waals surface area (Å²) in [6, 6.07) is 5.49. The molecule has 1 aromatic rings. The number of hydrogen-bond donors (Lipinski definition) is 2. The maximum absolute atomic E-state index is 11.8. The van der Waals surface area contributed by atoms with Gasteiger partial charge in [0.25, 0.3) is 0 Å². The molecule has 98 valence electrons. The van der Waals surface area contributed by atoms with Gasteiger partial charge >= 0.3 is 5.97 Å². The molecule has 0 aliphatic carbocycles. The SMILES string of the molecule is CC(CC(=O)O)CC(=O)Nc1c(Br)cccc1Br. The Morgan fingerprint density at radius 3 is 2.33 bits per heavy atom. The van der Waals surface area contributed by atoms with Crippen molar-refractivity contribution < 1.29 is 14.7 Å². The van der Waals surface area contributed by atoms with E-state index in [1.807, 2.05) is 18.2 Å². The molecule has 0 spiro atoms. The van der Waals surface area contributed by atoms with E-state index < -0.39 is 5.97 Å². The van der Waals surface area contributed by atoms with Gasteiger partial charge in [-0.3, -0.25) is 9.59 Å². The summed E-state index contributed by atoms with van der Waals surface area (Å²) in [5, 5.41) is 11.4. The molecule has 1 aromatic carbocycles. The normalized spacial score (nSPS) is 11.9. The van der Waals surface area contributed by atoms with Crippen molar-refractivity contribution in [3.8, 4) is 0 Å². The van der Waals surface area contributed by atoms with Gasteiger partial charge in [0.05, 0.1) is 5.69 Å². The predicted molar refractivity (Wildman–Crippen MR) is 76.5 cm³/mol. The summed E-state index contributed by atoms with van der Waals surface area (Å²) in [6.07, 6.45) is 0.171. The Hall–Kier alpha value is -0.880. The molecule has 0 aliphatic rings. The molecular weight excluding hydrogens is 366 g/mol. The maximum atomic E-state index is 11.8. The average Bonchev–Trinajstić information content (AvgIpc) is 2.22. The Morgan fingerprint density at radius 2 is 1.83 bits per heavy atom. The van der Waals surface area contributed by atoms with E-state index in [0.29, 0.717) is 5.69 Å². The van der Waals surface area contributed by atoms with E-state index in [4.69, 9.17) is 5.11 Å². The predicted octanol–water partition coefficient (Wildman–Crippen LogP) is 3.65. The standard InChI is InChI=1S/C12H13Br2NO3/c1-7(6-11(17)18)5-10(16)15-12-8(13)3-2-4-9(12)14/h2-4,7H,5-6H2,1H3,(H,15,16)(H,17,18). The van der Waals surface area contributed by atoms with Crippen LogP contribution in [0.25, 0.3) is 0 Å². The molecule has 0 saturated heterocycles. The Kier molecular flexibility index (Phi) is 5.81. The quantitative estimate of drug-likeness (QED) is 0.821. The molecule has 18 heavy (non-hydrogen) atoms. The number of aliphatic carboxylic acids is 1. The van der Waals surface area contributed by atoms with Crippen LogP contribution in [0.4, 0.5) is 5.69 Å². The zero-order valence-electron chi connectivity index (χ0n) is 9.74. The third-order valence-electron chi connectivity index (χ3n) is 2.28. The van der Waals surface area contributed by atoms with Crippen LogP contribution in [0, 0.1) is 5.92 Å². The number of nitrogens with one attached hydrogen (secondary N) is 1. The molecular formula is C12H13Br2NO3. The third kappa shape index (κ3) is 4.78. The second-order valence-electron chi connectivity index (χ2n) is 4.05. The van der Waals surface area contributed by atoms with Crippen LogP contribution in [0.15, 0.2) is 27.1 Å². The van der Waals surface area contributed by atoms with E-state index in [9.17, 15) is 9.59 Å². The van der Waals surface area contributed by atoms with E-state index in [0.717, 1.165) is 8.95 Å². The molecule has 0 radical (unpaired) electrons.